The number of aromatic nitrogens is 2. The molecule has 2 aromatic carbocycles. The Labute approximate surface area is 194 Å². The van der Waals surface area contributed by atoms with E-state index in [-0.39, 0.29) is 11.3 Å². The lowest BCUT2D eigenvalue weighted by Crippen LogP contribution is -2.40. The number of hydrazone groups is 1. The second-order valence-electron chi connectivity index (χ2n) is 6.66. The van der Waals surface area contributed by atoms with Crippen molar-refractivity contribution in [2.45, 2.75) is 6.04 Å². The maximum absolute atomic E-state index is 13.1. The van der Waals surface area contributed by atoms with Gasteiger partial charge in [0.15, 0.2) is 6.04 Å². The molecule has 3 N–H and O–H groups in total. The van der Waals surface area contributed by atoms with Crippen LogP contribution in [-0.4, -0.2) is 28.2 Å². The van der Waals surface area contributed by atoms with Crippen LogP contribution < -0.4 is 16.3 Å². The number of hydrogen-bond donors (Lipinski definition) is 3. The van der Waals surface area contributed by atoms with Crippen molar-refractivity contribution in [2.75, 3.05) is 0 Å². The van der Waals surface area contributed by atoms with Crippen molar-refractivity contribution in [2.24, 2.45) is 5.10 Å². The first-order valence-corrected chi connectivity index (χ1v) is 11.1. The predicted octanol–water partition coefficient (Wildman–Crippen LogP) is 3.37. The number of H-pyrrole nitrogens is 1. The number of aromatic amines is 1. The molecule has 1 atom stereocenters. The first kappa shape index (κ1) is 21.6. The van der Waals surface area contributed by atoms with Crippen LogP contribution in [0.3, 0.4) is 0 Å². The van der Waals surface area contributed by atoms with Crippen molar-refractivity contribution >= 4 is 56.1 Å². The van der Waals surface area contributed by atoms with Gasteiger partial charge in [0.1, 0.15) is 5.69 Å². The zero-order valence-electron chi connectivity index (χ0n) is 16.4. The summed E-state index contributed by atoms with van der Waals surface area (Å²) in [6.45, 7) is 0. The van der Waals surface area contributed by atoms with E-state index < -0.39 is 17.9 Å². The molecule has 1 unspecified atom stereocenters. The summed E-state index contributed by atoms with van der Waals surface area (Å²) in [4.78, 5) is 38.9. The third kappa shape index (κ3) is 4.82. The smallest absolute Gasteiger partial charge is 0.272 e. The SMILES string of the molecule is O=C(NC(C(=O)N/N=C/c1cc(Br)cs1)c1n[nH]c(=O)c2ccccc12)c1ccccc1. The van der Waals surface area contributed by atoms with Crippen LogP contribution in [0.5, 0.6) is 0 Å². The maximum Gasteiger partial charge on any atom is 0.272 e. The van der Waals surface area contributed by atoms with Crippen molar-refractivity contribution in [3.63, 3.8) is 0 Å². The minimum absolute atomic E-state index is 0.205. The number of fused-ring (bicyclic) bond motifs is 1. The molecule has 10 heteroatoms. The molecule has 0 aliphatic heterocycles. The number of carbonyl (C=O) groups is 2. The molecule has 32 heavy (non-hydrogen) atoms. The molecule has 0 aliphatic carbocycles. The van der Waals surface area contributed by atoms with Crippen LogP contribution in [-0.2, 0) is 4.79 Å². The molecule has 2 amide bonds. The average Bonchev–Trinajstić information content (AvgIpc) is 3.23. The first-order valence-electron chi connectivity index (χ1n) is 9.43. The quantitative estimate of drug-likeness (QED) is 0.273. The van der Waals surface area contributed by atoms with Gasteiger partial charge < -0.3 is 5.32 Å². The second-order valence-corrected chi connectivity index (χ2v) is 8.52. The monoisotopic (exact) mass is 509 g/mol. The molecular formula is C22H16BrN5O3S. The summed E-state index contributed by atoms with van der Waals surface area (Å²) in [6.07, 6.45) is 1.50. The number of nitrogens with zero attached hydrogens (tertiary/aromatic N) is 2. The number of nitrogens with one attached hydrogen (secondary N) is 3. The van der Waals surface area contributed by atoms with E-state index in [1.54, 1.807) is 54.6 Å². The van der Waals surface area contributed by atoms with Gasteiger partial charge in [-0.2, -0.15) is 10.2 Å². The highest BCUT2D eigenvalue weighted by atomic mass is 79.9. The van der Waals surface area contributed by atoms with Crippen LogP contribution in [0.25, 0.3) is 10.8 Å². The van der Waals surface area contributed by atoms with Crippen LogP contribution in [0.1, 0.15) is 27.0 Å². The lowest BCUT2D eigenvalue weighted by molar-refractivity contribution is -0.123. The summed E-state index contributed by atoms with van der Waals surface area (Å²) in [5, 5.41) is 15.9. The summed E-state index contributed by atoms with van der Waals surface area (Å²) in [6, 6.07) is 15.9. The predicted molar refractivity (Wildman–Crippen MR) is 127 cm³/mol. The van der Waals surface area contributed by atoms with E-state index in [9.17, 15) is 14.4 Å². The van der Waals surface area contributed by atoms with Crippen molar-refractivity contribution in [1.29, 1.82) is 0 Å². The Kier molecular flexibility index (Phi) is 6.52. The Morgan fingerprint density at radius 1 is 1.09 bits per heavy atom. The number of carbonyl (C=O) groups excluding carboxylic acids is 2. The van der Waals surface area contributed by atoms with Crippen molar-refractivity contribution in [3.05, 3.63) is 97.0 Å². The lowest BCUT2D eigenvalue weighted by Gasteiger charge is -2.18. The number of benzene rings is 2. The minimum atomic E-state index is -1.20. The van der Waals surface area contributed by atoms with Crippen LogP contribution in [0.2, 0.25) is 0 Å². The van der Waals surface area contributed by atoms with E-state index in [1.165, 1.54) is 17.6 Å². The Bertz CT molecular complexity index is 1370. The van der Waals surface area contributed by atoms with Gasteiger partial charge in [-0.3, -0.25) is 14.4 Å². The summed E-state index contributed by atoms with van der Waals surface area (Å²) >= 11 is 4.81. The third-order valence-electron chi connectivity index (χ3n) is 4.53. The number of halogens is 1. The molecule has 0 radical (unpaired) electrons. The molecule has 8 nitrogen and oxygen atoms in total. The molecule has 4 aromatic rings. The van der Waals surface area contributed by atoms with Gasteiger partial charge in [-0.25, -0.2) is 10.5 Å². The van der Waals surface area contributed by atoms with E-state index in [1.807, 2.05) is 11.4 Å². The van der Waals surface area contributed by atoms with Crippen LogP contribution in [0.4, 0.5) is 0 Å². The highest BCUT2D eigenvalue weighted by Gasteiger charge is 2.27. The van der Waals surface area contributed by atoms with E-state index in [2.05, 4.69) is 42.0 Å². The van der Waals surface area contributed by atoms with E-state index in [0.29, 0.717) is 16.3 Å². The highest BCUT2D eigenvalue weighted by Crippen LogP contribution is 2.21. The van der Waals surface area contributed by atoms with Gasteiger partial charge in [-0.1, -0.05) is 36.4 Å². The number of amides is 2. The molecule has 2 aromatic heterocycles. The third-order valence-corrected chi connectivity index (χ3v) is 6.15. The Morgan fingerprint density at radius 3 is 2.53 bits per heavy atom. The molecule has 0 saturated carbocycles. The van der Waals surface area contributed by atoms with Gasteiger partial charge in [0, 0.05) is 25.7 Å². The Balaban J connectivity index is 1.67. The summed E-state index contributed by atoms with van der Waals surface area (Å²) in [5.41, 5.74) is 2.65. The standard InChI is InChI=1S/C22H16BrN5O3S/c23-14-10-15(32-12-14)11-24-27-22(31)19(25-20(29)13-6-2-1-3-7-13)18-16-8-4-5-9-17(16)21(30)28-26-18/h1-12,19H,(H,25,29)(H,27,31)(H,28,30)/b24-11+. The maximum atomic E-state index is 13.1. The van der Waals surface area contributed by atoms with Gasteiger partial charge in [-0.15, -0.1) is 11.3 Å². The number of hydrogen-bond acceptors (Lipinski definition) is 6. The lowest BCUT2D eigenvalue weighted by atomic mass is 10.0. The Hall–Kier alpha value is -3.63. The normalized spacial score (nSPS) is 12.0. The molecule has 160 valence electrons. The first-order chi connectivity index (χ1) is 15.5. The fourth-order valence-corrected chi connectivity index (χ4v) is 4.34. The highest BCUT2D eigenvalue weighted by molar-refractivity contribution is 9.10. The number of thiophene rings is 1. The van der Waals surface area contributed by atoms with Gasteiger partial charge in [0.05, 0.1) is 11.6 Å². The van der Waals surface area contributed by atoms with Gasteiger partial charge in [0.25, 0.3) is 17.4 Å². The second kappa shape index (κ2) is 9.67. The van der Waals surface area contributed by atoms with Gasteiger partial charge in [-0.05, 0) is 40.2 Å². The molecular weight excluding hydrogens is 494 g/mol. The molecule has 0 fully saturated rings. The van der Waals surface area contributed by atoms with Crippen molar-refractivity contribution in [1.82, 2.24) is 20.9 Å². The molecule has 0 saturated heterocycles. The topological polar surface area (TPSA) is 116 Å². The van der Waals surface area contributed by atoms with Crippen LogP contribution >= 0.6 is 27.3 Å². The fraction of sp³-hybridized carbons (Fsp3) is 0.0455. The van der Waals surface area contributed by atoms with Gasteiger partial charge >= 0.3 is 0 Å². The van der Waals surface area contributed by atoms with Crippen LogP contribution in [0.15, 0.2) is 80.4 Å². The summed E-state index contributed by atoms with van der Waals surface area (Å²) in [7, 11) is 0. The van der Waals surface area contributed by atoms with E-state index in [4.69, 9.17) is 0 Å². The van der Waals surface area contributed by atoms with E-state index >= 15 is 0 Å². The average molecular weight is 510 g/mol. The minimum Gasteiger partial charge on any atom is -0.335 e. The molecule has 0 bridgehead atoms. The van der Waals surface area contributed by atoms with Gasteiger partial charge in [0.2, 0.25) is 0 Å². The summed E-state index contributed by atoms with van der Waals surface area (Å²) < 4.78 is 0.909. The fourth-order valence-electron chi connectivity index (χ4n) is 3.04. The largest absolute Gasteiger partial charge is 0.335 e. The summed E-state index contributed by atoms with van der Waals surface area (Å²) in [5.74, 6) is -1.07. The Morgan fingerprint density at radius 2 is 1.81 bits per heavy atom. The zero-order valence-corrected chi connectivity index (χ0v) is 18.8. The number of rotatable bonds is 6. The molecule has 0 aliphatic rings. The van der Waals surface area contributed by atoms with Crippen LogP contribution in [0, 0.1) is 0 Å². The van der Waals surface area contributed by atoms with Crippen molar-refractivity contribution in [3.8, 4) is 0 Å². The molecule has 2 heterocycles. The van der Waals surface area contributed by atoms with E-state index in [0.717, 1.165) is 9.35 Å². The zero-order chi connectivity index (χ0) is 22.5. The molecule has 4 rings (SSSR count). The molecule has 0 spiro atoms. The van der Waals surface area contributed by atoms with Crippen molar-refractivity contribution < 1.29 is 9.59 Å².